The number of piperidine rings is 1. The van der Waals surface area contributed by atoms with Crippen molar-refractivity contribution in [2.24, 2.45) is 5.92 Å². The van der Waals surface area contributed by atoms with E-state index in [4.69, 9.17) is 0 Å². The van der Waals surface area contributed by atoms with Gasteiger partial charge in [-0.05, 0) is 18.1 Å². The minimum atomic E-state index is 0.364. The largest absolute Gasteiger partial charge is 0.367 e. The minimum absolute atomic E-state index is 0.364. The Kier molecular flexibility index (Phi) is 3.28. The molecule has 0 amide bonds. The number of nitrogens with zero attached hydrogens (tertiary/aromatic N) is 1. The lowest BCUT2D eigenvalue weighted by Crippen LogP contribution is -2.45. The standard InChI is InChI=1S/C14H19NO/c1-11(2)14-10-13(16)8-9-15(14)12-6-4-3-5-7-12/h3-7,11,14H,8-10H2,1-2H3. The Morgan fingerprint density at radius 1 is 1.25 bits per heavy atom. The van der Waals surface area contributed by atoms with Gasteiger partial charge in [-0.1, -0.05) is 32.0 Å². The highest BCUT2D eigenvalue weighted by atomic mass is 16.1. The molecule has 2 rings (SSSR count). The summed E-state index contributed by atoms with van der Waals surface area (Å²) >= 11 is 0. The summed E-state index contributed by atoms with van der Waals surface area (Å²) in [5.41, 5.74) is 1.24. The Hall–Kier alpha value is -1.31. The maximum absolute atomic E-state index is 11.5. The van der Waals surface area contributed by atoms with Crippen LogP contribution >= 0.6 is 0 Å². The second-order valence-corrected chi connectivity index (χ2v) is 4.83. The highest BCUT2D eigenvalue weighted by Crippen LogP contribution is 2.27. The number of hydrogen-bond donors (Lipinski definition) is 0. The van der Waals surface area contributed by atoms with Crippen LogP contribution in [-0.2, 0) is 4.79 Å². The topological polar surface area (TPSA) is 20.3 Å². The lowest BCUT2D eigenvalue weighted by Gasteiger charge is -2.39. The zero-order chi connectivity index (χ0) is 11.5. The monoisotopic (exact) mass is 217 g/mol. The average molecular weight is 217 g/mol. The number of Topliss-reactive ketones (excluding diaryl/α,β-unsaturated/α-hetero) is 1. The number of ketones is 1. The SMILES string of the molecule is CC(C)C1CC(=O)CCN1c1ccccc1. The molecule has 1 aliphatic rings. The lowest BCUT2D eigenvalue weighted by atomic mass is 9.91. The van der Waals surface area contributed by atoms with Crippen LogP contribution in [0.3, 0.4) is 0 Å². The van der Waals surface area contributed by atoms with Gasteiger partial charge in [-0.3, -0.25) is 4.79 Å². The quantitative estimate of drug-likeness (QED) is 0.759. The summed E-state index contributed by atoms with van der Waals surface area (Å²) in [6, 6.07) is 10.8. The van der Waals surface area contributed by atoms with Gasteiger partial charge in [-0.15, -0.1) is 0 Å². The maximum atomic E-state index is 11.5. The number of benzene rings is 1. The van der Waals surface area contributed by atoms with Crippen LogP contribution in [0.2, 0.25) is 0 Å². The third-order valence-electron chi connectivity index (χ3n) is 3.33. The fraction of sp³-hybridized carbons (Fsp3) is 0.500. The fourth-order valence-electron chi connectivity index (χ4n) is 2.39. The van der Waals surface area contributed by atoms with Crippen LogP contribution in [-0.4, -0.2) is 18.4 Å². The summed E-state index contributed by atoms with van der Waals surface area (Å²) in [4.78, 5) is 13.9. The van der Waals surface area contributed by atoms with Gasteiger partial charge in [0.15, 0.2) is 0 Å². The normalized spacial score (nSPS) is 21.6. The van der Waals surface area contributed by atoms with E-state index < -0.39 is 0 Å². The number of carbonyl (C=O) groups excluding carboxylic acids is 1. The number of carbonyl (C=O) groups is 1. The zero-order valence-corrected chi connectivity index (χ0v) is 10.0. The average Bonchev–Trinajstić information content (AvgIpc) is 2.30. The second kappa shape index (κ2) is 4.69. The van der Waals surface area contributed by atoms with E-state index in [1.54, 1.807) is 0 Å². The molecule has 1 fully saturated rings. The summed E-state index contributed by atoms with van der Waals surface area (Å²) in [6.45, 7) is 5.25. The van der Waals surface area contributed by atoms with Crippen LogP contribution in [0.15, 0.2) is 30.3 Å². The molecule has 86 valence electrons. The van der Waals surface area contributed by atoms with Crippen LogP contribution in [0.5, 0.6) is 0 Å². The minimum Gasteiger partial charge on any atom is -0.367 e. The molecule has 0 aliphatic carbocycles. The van der Waals surface area contributed by atoms with Gasteiger partial charge < -0.3 is 4.90 Å². The Balaban J connectivity index is 2.22. The highest BCUT2D eigenvalue weighted by molar-refractivity contribution is 5.81. The molecule has 0 spiro atoms. The van der Waals surface area contributed by atoms with E-state index in [1.165, 1.54) is 5.69 Å². The summed E-state index contributed by atoms with van der Waals surface area (Å²) in [5.74, 6) is 0.926. The van der Waals surface area contributed by atoms with Gasteiger partial charge in [0.25, 0.3) is 0 Å². The molecule has 1 aromatic carbocycles. The molecule has 0 N–H and O–H groups in total. The summed E-state index contributed by atoms with van der Waals surface area (Å²) in [5, 5.41) is 0. The third-order valence-corrected chi connectivity index (χ3v) is 3.33. The van der Waals surface area contributed by atoms with Crippen molar-refractivity contribution < 1.29 is 4.79 Å². The van der Waals surface area contributed by atoms with Crippen LogP contribution in [0.4, 0.5) is 5.69 Å². The summed E-state index contributed by atoms with van der Waals surface area (Å²) in [6.07, 6.45) is 1.39. The summed E-state index contributed by atoms with van der Waals surface area (Å²) < 4.78 is 0. The van der Waals surface area contributed by atoms with Gasteiger partial charge in [0.05, 0.1) is 0 Å². The van der Waals surface area contributed by atoms with Crippen molar-refractivity contribution >= 4 is 11.5 Å². The number of hydrogen-bond acceptors (Lipinski definition) is 2. The highest BCUT2D eigenvalue weighted by Gasteiger charge is 2.29. The molecular formula is C14H19NO. The maximum Gasteiger partial charge on any atom is 0.136 e. The van der Waals surface area contributed by atoms with Crippen LogP contribution < -0.4 is 4.90 Å². The van der Waals surface area contributed by atoms with Gasteiger partial charge in [0.2, 0.25) is 0 Å². The second-order valence-electron chi connectivity index (χ2n) is 4.83. The van der Waals surface area contributed by atoms with Crippen molar-refractivity contribution in [2.45, 2.75) is 32.7 Å². The zero-order valence-electron chi connectivity index (χ0n) is 10.0. The Labute approximate surface area is 97.3 Å². The molecule has 1 aromatic rings. The van der Waals surface area contributed by atoms with Crippen molar-refractivity contribution in [3.63, 3.8) is 0 Å². The van der Waals surface area contributed by atoms with Gasteiger partial charge in [-0.2, -0.15) is 0 Å². The van der Waals surface area contributed by atoms with Crippen molar-refractivity contribution in [1.82, 2.24) is 0 Å². The van der Waals surface area contributed by atoms with E-state index in [0.29, 0.717) is 30.6 Å². The Bertz CT molecular complexity index is 358. The van der Waals surface area contributed by atoms with Crippen LogP contribution in [0.1, 0.15) is 26.7 Å². The molecule has 0 radical (unpaired) electrons. The Morgan fingerprint density at radius 2 is 1.94 bits per heavy atom. The molecule has 1 aliphatic heterocycles. The first-order valence-electron chi connectivity index (χ1n) is 6.02. The molecule has 16 heavy (non-hydrogen) atoms. The van der Waals surface area contributed by atoms with Gasteiger partial charge in [0.1, 0.15) is 5.78 Å². The molecule has 2 heteroatoms. The summed E-state index contributed by atoms with van der Waals surface area (Å²) in [7, 11) is 0. The fourth-order valence-corrected chi connectivity index (χ4v) is 2.39. The van der Waals surface area contributed by atoms with E-state index in [0.717, 1.165) is 6.54 Å². The van der Waals surface area contributed by atoms with E-state index in [-0.39, 0.29) is 0 Å². The van der Waals surface area contributed by atoms with E-state index in [1.807, 2.05) is 6.07 Å². The van der Waals surface area contributed by atoms with E-state index in [9.17, 15) is 4.79 Å². The van der Waals surface area contributed by atoms with Crippen molar-refractivity contribution in [3.05, 3.63) is 30.3 Å². The van der Waals surface area contributed by atoms with Crippen molar-refractivity contribution in [2.75, 3.05) is 11.4 Å². The van der Waals surface area contributed by atoms with Crippen LogP contribution in [0, 0.1) is 5.92 Å². The van der Waals surface area contributed by atoms with E-state index >= 15 is 0 Å². The van der Waals surface area contributed by atoms with E-state index in [2.05, 4.69) is 43.0 Å². The molecule has 1 atom stereocenters. The molecule has 0 bridgehead atoms. The number of anilines is 1. The molecule has 0 saturated carbocycles. The molecule has 1 heterocycles. The van der Waals surface area contributed by atoms with Crippen molar-refractivity contribution in [1.29, 1.82) is 0 Å². The van der Waals surface area contributed by atoms with Gasteiger partial charge >= 0.3 is 0 Å². The first-order valence-corrected chi connectivity index (χ1v) is 6.02. The molecule has 0 aromatic heterocycles. The predicted molar refractivity (Wildman–Crippen MR) is 66.7 cm³/mol. The number of rotatable bonds is 2. The van der Waals surface area contributed by atoms with Crippen molar-refractivity contribution in [3.8, 4) is 0 Å². The first kappa shape index (κ1) is 11.2. The lowest BCUT2D eigenvalue weighted by molar-refractivity contribution is -0.120. The Morgan fingerprint density at radius 3 is 2.56 bits per heavy atom. The number of para-hydroxylation sites is 1. The molecule has 1 unspecified atom stereocenters. The van der Waals surface area contributed by atoms with Gasteiger partial charge in [-0.25, -0.2) is 0 Å². The van der Waals surface area contributed by atoms with Crippen LogP contribution in [0.25, 0.3) is 0 Å². The predicted octanol–water partition coefficient (Wildman–Crippen LogP) is 2.88. The molecule has 2 nitrogen and oxygen atoms in total. The smallest absolute Gasteiger partial charge is 0.136 e. The first-order chi connectivity index (χ1) is 7.68. The molecule has 1 saturated heterocycles. The van der Waals surface area contributed by atoms with Gasteiger partial charge in [0, 0.05) is 31.1 Å². The molecular weight excluding hydrogens is 198 g/mol. The third kappa shape index (κ3) is 2.26.